The Morgan fingerprint density at radius 2 is 2.00 bits per heavy atom. The lowest BCUT2D eigenvalue weighted by Crippen LogP contribution is -2.36. The Hall–Kier alpha value is -2.08. The summed E-state index contributed by atoms with van der Waals surface area (Å²) in [6.07, 6.45) is 1.83. The second kappa shape index (κ2) is 7.64. The van der Waals surface area contributed by atoms with Crippen LogP contribution in [0.25, 0.3) is 0 Å². The lowest BCUT2D eigenvalue weighted by atomic mass is 10.2. The van der Waals surface area contributed by atoms with E-state index in [-0.39, 0.29) is 0 Å². The van der Waals surface area contributed by atoms with E-state index >= 15 is 0 Å². The van der Waals surface area contributed by atoms with Gasteiger partial charge in [-0.1, -0.05) is 0 Å². The maximum Gasteiger partial charge on any atom is 0.191 e. The van der Waals surface area contributed by atoms with E-state index in [2.05, 4.69) is 43.5 Å². The van der Waals surface area contributed by atoms with Gasteiger partial charge in [-0.2, -0.15) is 11.3 Å². The van der Waals surface area contributed by atoms with Crippen LogP contribution in [-0.4, -0.2) is 32.1 Å². The van der Waals surface area contributed by atoms with Crippen molar-refractivity contribution in [1.82, 2.24) is 15.6 Å². The molecule has 0 atom stereocenters. The molecular formula is C15H21N5S. The summed E-state index contributed by atoms with van der Waals surface area (Å²) in [5, 5.41) is 10.8. The predicted molar refractivity (Wildman–Crippen MR) is 89.9 cm³/mol. The van der Waals surface area contributed by atoms with Crippen LogP contribution in [0.5, 0.6) is 0 Å². The molecule has 0 saturated carbocycles. The van der Waals surface area contributed by atoms with Crippen LogP contribution in [-0.2, 0) is 13.1 Å². The summed E-state index contributed by atoms with van der Waals surface area (Å²) >= 11 is 1.70. The van der Waals surface area contributed by atoms with Crippen LogP contribution < -0.4 is 15.5 Å². The smallest absolute Gasteiger partial charge is 0.191 e. The first-order valence-corrected chi connectivity index (χ1v) is 7.71. The number of guanidine groups is 1. The lowest BCUT2D eigenvalue weighted by Gasteiger charge is -2.14. The molecule has 0 bridgehead atoms. The third kappa shape index (κ3) is 4.75. The number of nitrogens with zero attached hydrogens (tertiary/aromatic N) is 3. The Kier molecular flexibility index (Phi) is 5.57. The highest BCUT2D eigenvalue weighted by atomic mass is 32.1. The predicted octanol–water partition coefficient (Wildman–Crippen LogP) is 2.07. The average Bonchev–Trinajstić information content (AvgIpc) is 3.01. The van der Waals surface area contributed by atoms with Gasteiger partial charge in [-0.15, -0.1) is 0 Å². The van der Waals surface area contributed by atoms with E-state index in [0.717, 1.165) is 18.3 Å². The van der Waals surface area contributed by atoms with Crippen LogP contribution in [0.4, 0.5) is 5.82 Å². The minimum Gasteiger partial charge on any atom is -0.363 e. The molecule has 0 aromatic carbocycles. The minimum atomic E-state index is 0.715. The molecule has 0 radical (unpaired) electrons. The molecular weight excluding hydrogens is 282 g/mol. The zero-order valence-corrected chi connectivity index (χ0v) is 13.4. The minimum absolute atomic E-state index is 0.715. The molecule has 5 nitrogen and oxygen atoms in total. The van der Waals surface area contributed by atoms with Gasteiger partial charge in [-0.25, -0.2) is 4.98 Å². The molecule has 0 amide bonds. The monoisotopic (exact) mass is 303 g/mol. The highest BCUT2D eigenvalue weighted by molar-refractivity contribution is 7.07. The van der Waals surface area contributed by atoms with E-state index in [1.54, 1.807) is 18.4 Å². The Labute approximate surface area is 129 Å². The van der Waals surface area contributed by atoms with Crippen molar-refractivity contribution in [2.24, 2.45) is 4.99 Å². The summed E-state index contributed by atoms with van der Waals surface area (Å²) in [6.45, 7) is 1.50. The molecule has 0 fully saturated rings. The molecule has 0 saturated heterocycles. The van der Waals surface area contributed by atoms with Crippen molar-refractivity contribution in [2.75, 3.05) is 26.0 Å². The first-order valence-electron chi connectivity index (χ1n) is 6.77. The SMILES string of the molecule is CN=C(NCc1ccsc1)NCc1ccnc(N(C)C)c1. The molecule has 2 aromatic heterocycles. The quantitative estimate of drug-likeness (QED) is 0.656. The van der Waals surface area contributed by atoms with E-state index in [1.165, 1.54) is 11.1 Å². The van der Waals surface area contributed by atoms with Crippen molar-refractivity contribution in [3.05, 3.63) is 46.3 Å². The first-order chi connectivity index (χ1) is 10.2. The molecule has 0 unspecified atom stereocenters. The van der Waals surface area contributed by atoms with Crippen LogP contribution >= 0.6 is 11.3 Å². The maximum absolute atomic E-state index is 4.31. The maximum atomic E-state index is 4.31. The van der Waals surface area contributed by atoms with E-state index in [1.807, 2.05) is 31.3 Å². The highest BCUT2D eigenvalue weighted by Gasteiger charge is 2.02. The zero-order chi connectivity index (χ0) is 15.1. The number of anilines is 1. The van der Waals surface area contributed by atoms with E-state index < -0.39 is 0 Å². The number of pyridine rings is 1. The fourth-order valence-corrected chi connectivity index (χ4v) is 2.47. The molecule has 21 heavy (non-hydrogen) atoms. The van der Waals surface area contributed by atoms with Gasteiger partial charge in [0.05, 0.1) is 0 Å². The van der Waals surface area contributed by atoms with Gasteiger partial charge >= 0.3 is 0 Å². The second-order valence-electron chi connectivity index (χ2n) is 4.83. The van der Waals surface area contributed by atoms with Crippen molar-refractivity contribution in [3.63, 3.8) is 0 Å². The summed E-state index contributed by atoms with van der Waals surface area (Å²) in [5.41, 5.74) is 2.44. The third-order valence-corrected chi connectivity index (χ3v) is 3.72. The molecule has 2 N–H and O–H groups in total. The van der Waals surface area contributed by atoms with E-state index in [4.69, 9.17) is 0 Å². The van der Waals surface area contributed by atoms with Gasteiger partial charge in [0.25, 0.3) is 0 Å². The van der Waals surface area contributed by atoms with Crippen molar-refractivity contribution in [2.45, 2.75) is 13.1 Å². The third-order valence-electron chi connectivity index (χ3n) is 2.99. The van der Waals surface area contributed by atoms with Gasteiger partial charge in [-0.3, -0.25) is 4.99 Å². The van der Waals surface area contributed by atoms with Crippen molar-refractivity contribution in [3.8, 4) is 0 Å². The van der Waals surface area contributed by atoms with Gasteiger partial charge in [0, 0.05) is 40.4 Å². The Morgan fingerprint density at radius 3 is 2.62 bits per heavy atom. The van der Waals surface area contributed by atoms with Crippen LogP contribution in [0.3, 0.4) is 0 Å². The molecule has 0 spiro atoms. The van der Waals surface area contributed by atoms with Crippen molar-refractivity contribution < 1.29 is 0 Å². The summed E-state index contributed by atoms with van der Waals surface area (Å²) in [4.78, 5) is 10.5. The molecule has 2 heterocycles. The lowest BCUT2D eigenvalue weighted by molar-refractivity contribution is 0.809. The van der Waals surface area contributed by atoms with Gasteiger partial charge in [0.2, 0.25) is 0 Å². The van der Waals surface area contributed by atoms with Crippen molar-refractivity contribution >= 4 is 23.1 Å². The topological polar surface area (TPSA) is 52.6 Å². The second-order valence-corrected chi connectivity index (χ2v) is 5.61. The molecule has 0 aliphatic carbocycles. The van der Waals surface area contributed by atoms with Gasteiger partial charge in [0.15, 0.2) is 5.96 Å². The van der Waals surface area contributed by atoms with Gasteiger partial charge in [-0.05, 0) is 40.1 Å². The van der Waals surface area contributed by atoms with Crippen LogP contribution in [0.1, 0.15) is 11.1 Å². The van der Waals surface area contributed by atoms with Gasteiger partial charge in [0.1, 0.15) is 5.82 Å². The van der Waals surface area contributed by atoms with Crippen LogP contribution in [0, 0.1) is 0 Å². The largest absolute Gasteiger partial charge is 0.363 e. The number of hydrogen-bond donors (Lipinski definition) is 2. The van der Waals surface area contributed by atoms with E-state index in [0.29, 0.717) is 6.54 Å². The molecule has 6 heteroatoms. The molecule has 112 valence electrons. The van der Waals surface area contributed by atoms with Gasteiger partial charge < -0.3 is 15.5 Å². The molecule has 0 aliphatic heterocycles. The Balaban J connectivity index is 1.86. The van der Waals surface area contributed by atoms with E-state index in [9.17, 15) is 0 Å². The molecule has 2 rings (SSSR count). The number of nitrogens with one attached hydrogen (secondary N) is 2. The Morgan fingerprint density at radius 1 is 1.24 bits per heavy atom. The average molecular weight is 303 g/mol. The molecule has 0 aliphatic rings. The first kappa shape index (κ1) is 15.3. The zero-order valence-electron chi connectivity index (χ0n) is 12.6. The summed E-state index contributed by atoms with van der Waals surface area (Å²) in [7, 11) is 5.75. The number of thiophene rings is 1. The highest BCUT2D eigenvalue weighted by Crippen LogP contribution is 2.09. The Bertz CT molecular complexity index is 578. The van der Waals surface area contributed by atoms with Crippen LogP contribution in [0.2, 0.25) is 0 Å². The fraction of sp³-hybridized carbons (Fsp3) is 0.333. The summed E-state index contributed by atoms with van der Waals surface area (Å²) < 4.78 is 0. The molecule has 2 aromatic rings. The van der Waals surface area contributed by atoms with Crippen molar-refractivity contribution in [1.29, 1.82) is 0 Å². The number of aromatic nitrogens is 1. The number of hydrogen-bond acceptors (Lipinski definition) is 4. The van der Waals surface area contributed by atoms with Crippen LogP contribution in [0.15, 0.2) is 40.1 Å². The number of aliphatic imine (C=N–C) groups is 1. The fourth-order valence-electron chi connectivity index (χ4n) is 1.80. The normalized spacial score (nSPS) is 11.3. The standard InChI is InChI=1S/C15H21N5S/c1-16-15(19-10-13-5-7-21-11-13)18-9-12-4-6-17-14(8-12)20(2)3/h4-8,11H,9-10H2,1-3H3,(H2,16,18,19). The number of rotatable bonds is 5. The summed E-state index contributed by atoms with van der Waals surface area (Å²) in [5.74, 6) is 1.75. The summed E-state index contributed by atoms with van der Waals surface area (Å²) in [6, 6.07) is 6.18.